The lowest BCUT2D eigenvalue weighted by Crippen LogP contribution is -2.51. The van der Waals surface area contributed by atoms with Crippen molar-refractivity contribution in [3.63, 3.8) is 0 Å². The highest BCUT2D eigenvalue weighted by Crippen LogP contribution is 2.29. The van der Waals surface area contributed by atoms with Gasteiger partial charge in [0.1, 0.15) is 6.10 Å². The van der Waals surface area contributed by atoms with E-state index in [0.29, 0.717) is 19.7 Å². The molecule has 0 spiro atoms. The Balaban J connectivity index is 1.71. The lowest BCUT2D eigenvalue weighted by atomic mass is 9.98. The number of amides is 1. The Morgan fingerprint density at radius 2 is 1.81 bits per heavy atom. The Morgan fingerprint density at radius 3 is 2.46 bits per heavy atom. The van der Waals surface area contributed by atoms with E-state index >= 15 is 0 Å². The van der Waals surface area contributed by atoms with Crippen molar-refractivity contribution in [2.75, 3.05) is 33.4 Å². The first-order chi connectivity index (χ1) is 12.7. The molecule has 0 aliphatic carbocycles. The highest BCUT2D eigenvalue weighted by atomic mass is 16.5. The number of carbonyl (C=O) groups is 1. The van der Waals surface area contributed by atoms with Crippen molar-refractivity contribution < 1.29 is 14.6 Å². The van der Waals surface area contributed by atoms with Crippen molar-refractivity contribution in [3.05, 3.63) is 71.8 Å². The van der Waals surface area contributed by atoms with Crippen LogP contribution in [0.1, 0.15) is 17.2 Å². The topological polar surface area (TPSA) is 53.0 Å². The van der Waals surface area contributed by atoms with E-state index in [0.717, 1.165) is 12.1 Å². The summed E-state index contributed by atoms with van der Waals surface area (Å²) in [7, 11) is 1.95. The monoisotopic (exact) mass is 354 g/mol. The van der Waals surface area contributed by atoms with Gasteiger partial charge in [0, 0.05) is 13.1 Å². The molecule has 1 heterocycles. The van der Waals surface area contributed by atoms with Crippen molar-refractivity contribution in [1.82, 2.24) is 9.80 Å². The predicted octanol–water partition coefficient (Wildman–Crippen LogP) is 2.08. The summed E-state index contributed by atoms with van der Waals surface area (Å²) < 4.78 is 5.72. The maximum absolute atomic E-state index is 13.0. The number of ether oxygens (including phenoxy) is 1. The minimum atomic E-state index is -0.394. The van der Waals surface area contributed by atoms with Gasteiger partial charge in [-0.1, -0.05) is 60.7 Å². The molecule has 138 valence electrons. The van der Waals surface area contributed by atoms with Gasteiger partial charge >= 0.3 is 0 Å². The van der Waals surface area contributed by atoms with E-state index in [1.165, 1.54) is 5.56 Å². The number of aliphatic hydroxyl groups is 1. The molecule has 5 nitrogen and oxygen atoms in total. The molecule has 0 aromatic heterocycles. The molecule has 26 heavy (non-hydrogen) atoms. The second-order valence-corrected chi connectivity index (χ2v) is 6.69. The molecule has 5 heteroatoms. The van der Waals surface area contributed by atoms with Gasteiger partial charge in [0.15, 0.2) is 0 Å². The Bertz CT molecular complexity index is 693. The van der Waals surface area contributed by atoms with Crippen LogP contribution in [0.15, 0.2) is 60.7 Å². The molecule has 0 bridgehead atoms. The molecule has 0 saturated carbocycles. The molecule has 1 N–H and O–H groups in total. The molecule has 1 aliphatic heterocycles. The van der Waals surface area contributed by atoms with Crippen molar-refractivity contribution in [2.45, 2.75) is 18.7 Å². The smallest absolute Gasteiger partial charge is 0.237 e. The third kappa shape index (κ3) is 4.49. The summed E-state index contributed by atoms with van der Waals surface area (Å²) in [6.07, 6.45) is -0.394. The third-order valence-electron chi connectivity index (χ3n) is 4.69. The van der Waals surface area contributed by atoms with Crippen LogP contribution >= 0.6 is 0 Å². The number of benzene rings is 2. The highest BCUT2D eigenvalue weighted by Gasteiger charge is 2.36. The Labute approximate surface area is 154 Å². The quantitative estimate of drug-likeness (QED) is 0.863. The van der Waals surface area contributed by atoms with E-state index in [4.69, 9.17) is 4.74 Å². The molecular weight excluding hydrogens is 328 g/mol. The van der Waals surface area contributed by atoms with Crippen molar-refractivity contribution in [2.24, 2.45) is 0 Å². The Hall–Kier alpha value is -2.21. The number of carbonyl (C=O) groups excluding carboxylic acids is 1. The largest absolute Gasteiger partial charge is 0.394 e. The zero-order chi connectivity index (χ0) is 18.4. The average Bonchev–Trinajstić information content (AvgIpc) is 2.68. The van der Waals surface area contributed by atoms with E-state index in [1.807, 2.05) is 65.4 Å². The third-order valence-corrected chi connectivity index (χ3v) is 4.69. The normalized spacial score (nSPS) is 20.3. The maximum Gasteiger partial charge on any atom is 0.237 e. The number of likely N-dealkylation sites (N-methyl/N-ethyl adjacent to an activating group) is 1. The van der Waals surface area contributed by atoms with Gasteiger partial charge in [-0.05, 0) is 18.2 Å². The summed E-state index contributed by atoms with van der Waals surface area (Å²) in [6, 6.07) is 19.7. The number of morpholine rings is 1. The van der Waals surface area contributed by atoms with Crippen molar-refractivity contribution >= 4 is 5.91 Å². The van der Waals surface area contributed by atoms with Crippen LogP contribution < -0.4 is 0 Å². The number of rotatable bonds is 6. The summed E-state index contributed by atoms with van der Waals surface area (Å²) in [4.78, 5) is 16.9. The Morgan fingerprint density at radius 1 is 1.15 bits per heavy atom. The van der Waals surface area contributed by atoms with Crippen LogP contribution in [0, 0.1) is 0 Å². The lowest BCUT2D eigenvalue weighted by Gasteiger charge is -2.41. The van der Waals surface area contributed by atoms with Crippen LogP contribution in [0.4, 0.5) is 0 Å². The van der Waals surface area contributed by atoms with Crippen LogP contribution in [0.2, 0.25) is 0 Å². The average molecular weight is 354 g/mol. The standard InChI is InChI=1S/C21H26N2O3/c1-22(14-17-8-4-2-5-9-17)15-20(25)23-12-13-26-19(16-24)21(23)18-10-6-3-7-11-18/h2-11,19,21,24H,12-16H2,1H3/t19-,21-/m1/s1. The van der Waals surface area contributed by atoms with Gasteiger partial charge in [-0.2, -0.15) is 0 Å². The number of hydrogen-bond donors (Lipinski definition) is 1. The summed E-state index contributed by atoms with van der Waals surface area (Å²) in [6.45, 7) is 1.92. The molecule has 0 radical (unpaired) electrons. The van der Waals surface area contributed by atoms with Crippen LogP contribution in [-0.2, 0) is 16.1 Å². The van der Waals surface area contributed by atoms with Gasteiger partial charge in [-0.15, -0.1) is 0 Å². The number of nitrogens with zero attached hydrogens (tertiary/aromatic N) is 2. The first kappa shape index (κ1) is 18.6. The van der Waals surface area contributed by atoms with Crippen LogP contribution in [0.3, 0.4) is 0 Å². The van der Waals surface area contributed by atoms with Gasteiger partial charge in [-0.3, -0.25) is 9.69 Å². The molecule has 1 saturated heterocycles. The minimum Gasteiger partial charge on any atom is -0.394 e. The second kappa shape index (κ2) is 8.94. The zero-order valence-electron chi connectivity index (χ0n) is 15.1. The van der Waals surface area contributed by atoms with Gasteiger partial charge in [-0.25, -0.2) is 0 Å². The number of hydrogen-bond acceptors (Lipinski definition) is 4. The lowest BCUT2D eigenvalue weighted by molar-refractivity contribution is -0.150. The number of aliphatic hydroxyl groups excluding tert-OH is 1. The fraction of sp³-hybridized carbons (Fsp3) is 0.381. The predicted molar refractivity (Wildman–Crippen MR) is 100 cm³/mol. The molecule has 0 unspecified atom stereocenters. The SMILES string of the molecule is CN(CC(=O)N1CCO[C@H](CO)[C@H]1c1ccccc1)Cc1ccccc1. The first-order valence-electron chi connectivity index (χ1n) is 8.98. The molecule has 2 aromatic rings. The van der Waals surface area contributed by atoms with E-state index in [-0.39, 0.29) is 18.6 Å². The molecule has 3 rings (SSSR count). The summed E-state index contributed by atoms with van der Waals surface area (Å²) >= 11 is 0. The molecule has 2 aromatic carbocycles. The molecular formula is C21H26N2O3. The van der Waals surface area contributed by atoms with E-state index in [9.17, 15) is 9.90 Å². The second-order valence-electron chi connectivity index (χ2n) is 6.69. The van der Waals surface area contributed by atoms with Gasteiger partial charge in [0.2, 0.25) is 5.91 Å². The van der Waals surface area contributed by atoms with Crippen molar-refractivity contribution in [3.8, 4) is 0 Å². The fourth-order valence-corrected chi connectivity index (χ4v) is 3.48. The molecule has 2 atom stereocenters. The van der Waals surface area contributed by atoms with Crippen LogP contribution in [-0.4, -0.2) is 60.3 Å². The molecule has 1 fully saturated rings. The molecule has 1 aliphatic rings. The Kier molecular flexibility index (Phi) is 6.39. The molecule has 1 amide bonds. The summed E-state index contributed by atoms with van der Waals surface area (Å²) in [5.74, 6) is 0.0547. The van der Waals surface area contributed by atoms with Gasteiger partial charge in [0.25, 0.3) is 0 Å². The first-order valence-corrected chi connectivity index (χ1v) is 8.98. The van der Waals surface area contributed by atoms with Gasteiger partial charge in [0.05, 0.1) is 25.8 Å². The minimum absolute atomic E-state index is 0.0547. The van der Waals surface area contributed by atoms with E-state index < -0.39 is 6.10 Å². The van der Waals surface area contributed by atoms with Gasteiger partial charge < -0.3 is 14.7 Å². The summed E-state index contributed by atoms with van der Waals surface area (Å²) in [5, 5.41) is 9.73. The highest BCUT2D eigenvalue weighted by molar-refractivity contribution is 5.79. The van der Waals surface area contributed by atoms with Crippen molar-refractivity contribution in [1.29, 1.82) is 0 Å². The van der Waals surface area contributed by atoms with Crippen LogP contribution in [0.25, 0.3) is 0 Å². The van der Waals surface area contributed by atoms with Crippen LogP contribution in [0.5, 0.6) is 0 Å². The maximum atomic E-state index is 13.0. The van der Waals surface area contributed by atoms with E-state index in [1.54, 1.807) is 0 Å². The summed E-state index contributed by atoms with van der Waals surface area (Å²) in [5.41, 5.74) is 2.17. The zero-order valence-corrected chi connectivity index (χ0v) is 15.1. The fourth-order valence-electron chi connectivity index (χ4n) is 3.48. The van der Waals surface area contributed by atoms with E-state index in [2.05, 4.69) is 12.1 Å².